The van der Waals surface area contributed by atoms with Crippen molar-refractivity contribution in [2.45, 2.75) is 40.2 Å². The maximum atomic E-state index is 5.63. The minimum atomic E-state index is -1.34. The molecule has 15 heavy (non-hydrogen) atoms. The lowest BCUT2D eigenvalue weighted by atomic mass is 10.4. The first-order valence-electron chi connectivity index (χ1n) is 6.23. The van der Waals surface area contributed by atoms with Crippen LogP contribution in [-0.2, 0) is 8.85 Å². The fourth-order valence-electron chi connectivity index (χ4n) is 1.61. The second kappa shape index (κ2) is 10.6. The molecular weight excluding hydrogens is 206 g/mol. The van der Waals surface area contributed by atoms with Gasteiger partial charge in [0.05, 0.1) is 0 Å². The maximum absolute atomic E-state index is 5.63. The van der Waals surface area contributed by atoms with Crippen LogP contribution in [0.2, 0.25) is 6.04 Å². The van der Waals surface area contributed by atoms with Gasteiger partial charge in [-0.1, -0.05) is 13.8 Å². The lowest BCUT2D eigenvalue weighted by molar-refractivity contribution is 0.210. The zero-order valence-corrected chi connectivity index (χ0v) is 11.9. The first kappa shape index (κ1) is 15.1. The normalized spacial score (nSPS) is 11.6. The first-order valence-corrected chi connectivity index (χ1v) is 7.99. The quantitative estimate of drug-likeness (QED) is 0.539. The van der Waals surface area contributed by atoms with Crippen molar-refractivity contribution in [1.29, 1.82) is 0 Å². The third-order valence-electron chi connectivity index (χ3n) is 2.51. The Bertz CT molecular complexity index is 126. The Morgan fingerprint density at radius 1 is 0.933 bits per heavy atom. The summed E-state index contributed by atoms with van der Waals surface area (Å²) in [6.45, 7) is 13.6. The zero-order chi connectivity index (χ0) is 11.5. The standard InChI is InChI=1S/C11H27NO2Si/c1-5-12(6-2)10-9-11-15(13-7-3)14-8-4/h15H,5-11H2,1-4H3. The van der Waals surface area contributed by atoms with Gasteiger partial charge in [-0.05, 0) is 45.9 Å². The van der Waals surface area contributed by atoms with Crippen LogP contribution in [0.3, 0.4) is 0 Å². The summed E-state index contributed by atoms with van der Waals surface area (Å²) in [5.41, 5.74) is 0. The van der Waals surface area contributed by atoms with E-state index >= 15 is 0 Å². The van der Waals surface area contributed by atoms with E-state index in [1.165, 1.54) is 13.0 Å². The molecular formula is C11H27NO2Si. The van der Waals surface area contributed by atoms with Gasteiger partial charge < -0.3 is 13.8 Å². The Morgan fingerprint density at radius 2 is 1.47 bits per heavy atom. The van der Waals surface area contributed by atoms with Crippen LogP contribution in [0.25, 0.3) is 0 Å². The number of nitrogens with zero attached hydrogens (tertiary/aromatic N) is 1. The Hall–Kier alpha value is 0.0969. The summed E-state index contributed by atoms with van der Waals surface area (Å²) in [5, 5.41) is 0. The lowest BCUT2D eigenvalue weighted by Gasteiger charge is -2.19. The summed E-state index contributed by atoms with van der Waals surface area (Å²) in [5.74, 6) is 0. The van der Waals surface area contributed by atoms with E-state index in [0.29, 0.717) is 0 Å². The van der Waals surface area contributed by atoms with Gasteiger partial charge in [0.1, 0.15) is 0 Å². The molecule has 3 nitrogen and oxygen atoms in total. The lowest BCUT2D eigenvalue weighted by Crippen LogP contribution is -2.27. The number of hydrogen-bond acceptors (Lipinski definition) is 3. The molecule has 0 bridgehead atoms. The molecule has 0 aliphatic carbocycles. The first-order chi connectivity index (χ1) is 7.28. The molecule has 0 atom stereocenters. The van der Waals surface area contributed by atoms with E-state index in [4.69, 9.17) is 8.85 Å². The van der Waals surface area contributed by atoms with Crippen molar-refractivity contribution in [3.05, 3.63) is 0 Å². The molecule has 0 saturated carbocycles. The molecule has 0 aromatic carbocycles. The highest BCUT2D eigenvalue weighted by Crippen LogP contribution is 2.03. The summed E-state index contributed by atoms with van der Waals surface area (Å²) >= 11 is 0. The molecule has 0 radical (unpaired) electrons. The molecule has 0 unspecified atom stereocenters. The van der Waals surface area contributed by atoms with Crippen molar-refractivity contribution >= 4 is 9.28 Å². The molecule has 0 N–H and O–H groups in total. The monoisotopic (exact) mass is 233 g/mol. The van der Waals surface area contributed by atoms with Crippen molar-refractivity contribution in [3.63, 3.8) is 0 Å². The van der Waals surface area contributed by atoms with E-state index in [1.54, 1.807) is 0 Å². The van der Waals surface area contributed by atoms with Crippen LogP contribution in [0.5, 0.6) is 0 Å². The van der Waals surface area contributed by atoms with Crippen molar-refractivity contribution in [2.75, 3.05) is 32.8 Å². The predicted molar refractivity (Wildman–Crippen MR) is 67.6 cm³/mol. The van der Waals surface area contributed by atoms with Gasteiger partial charge in [-0.15, -0.1) is 0 Å². The minimum Gasteiger partial charge on any atom is -0.397 e. The van der Waals surface area contributed by atoms with E-state index in [1.807, 2.05) is 13.8 Å². The van der Waals surface area contributed by atoms with Crippen LogP contribution in [-0.4, -0.2) is 47.0 Å². The molecule has 0 heterocycles. The molecule has 0 aromatic heterocycles. The molecule has 0 saturated heterocycles. The molecule has 0 spiro atoms. The Labute approximate surface area is 96.6 Å². The van der Waals surface area contributed by atoms with Gasteiger partial charge in [0.2, 0.25) is 0 Å². The van der Waals surface area contributed by atoms with Gasteiger partial charge in [-0.25, -0.2) is 0 Å². The predicted octanol–water partition coefficient (Wildman–Crippen LogP) is 2.01. The number of hydrogen-bond donors (Lipinski definition) is 0. The maximum Gasteiger partial charge on any atom is 0.321 e. The highest BCUT2D eigenvalue weighted by atomic mass is 28.3. The van der Waals surface area contributed by atoms with Crippen LogP contribution < -0.4 is 0 Å². The van der Waals surface area contributed by atoms with Crippen molar-refractivity contribution < 1.29 is 8.85 Å². The van der Waals surface area contributed by atoms with E-state index in [9.17, 15) is 0 Å². The summed E-state index contributed by atoms with van der Waals surface area (Å²) in [6.07, 6.45) is 1.21. The Morgan fingerprint density at radius 3 is 1.87 bits per heavy atom. The molecule has 0 aliphatic rings. The summed E-state index contributed by atoms with van der Waals surface area (Å²) in [4.78, 5) is 2.45. The number of rotatable bonds is 10. The zero-order valence-electron chi connectivity index (χ0n) is 10.8. The van der Waals surface area contributed by atoms with Gasteiger partial charge in [0, 0.05) is 13.2 Å². The minimum absolute atomic E-state index is 0.794. The summed E-state index contributed by atoms with van der Waals surface area (Å²) in [6, 6.07) is 1.14. The van der Waals surface area contributed by atoms with Crippen LogP contribution in [0, 0.1) is 0 Å². The molecule has 0 rings (SSSR count). The fourth-order valence-corrected chi connectivity index (χ4v) is 3.30. The Balaban J connectivity index is 3.59. The smallest absolute Gasteiger partial charge is 0.321 e. The van der Waals surface area contributed by atoms with Crippen molar-refractivity contribution in [2.24, 2.45) is 0 Å². The van der Waals surface area contributed by atoms with Crippen LogP contribution >= 0.6 is 0 Å². The second-order valence-corrected chi connectivity index (χ2v) is 5.61. The highest BCUT2D eigenvalue weighted by Gasteiger charge is 2.11. The average molecular weight is 233 g/mol. The summed E-state index contributed by atoms with van der Waals surface area (Å²) < 4.78 is 11.3. The highest BCUT2D eigenvalue weighted by molar-refractivity contribution is 6.44. The molecule has 0 fully saturated rings. The molecule has 4 heteroatoms. The molecule has 0 aromatic rings. The van der Waals surface area contributed by atoms with E-state index in [2.05, 4.69) is 18.7 Å². The van der Waals surface area contributed by atoms with Crippen molar-refractivity contribution in [1.82, 2.24) is 4.90 Å². The molecule has 0 aliphatic heterocycles. The second-order valence-electron chi connectivity index (χ2n) is 3.51. The van der Waals surface area contributed by atoms with Gasteiger partial charge in [0.15, 0.2) is 0 Å². The largest absolute Gasteiger partial charge is 0.397 e. The molecule has 92 valence electrons. The van der Waals surface area contributed by atoms with E-state index in [0.717, 1.165) is 32.3 Å². The van der Waals surface area contributed by atoms with E-state index < -0.39 is 9.28 Å². The van der Waals surface area contributed by atoms with Crippen molar-refractivity contribution in [3.8, 4) is 0 Å². The van der Waals surface area contributed by atoms with Gasteiger partial charge >= 0.3 is 9.28 Å². The van der Waals surface area contributed by atoms with Crippen LogP contribution in [0.1, 0.15) is 34.1 Å². The van der Waals surface area contributed by atoms with Crippen LogP contribution in [0.15, 0.2) is 0 Å². The third-order valence-corrected chi connectivity index (χ3v) is 4.80. The third kappa shape index (κ3) is 7.96. The van der Waals surface area contributed by atoms with Crippen LogP contribution in [0.4, 0.5) is 0 Å². The topological polar surface area (TPSA) is 21.7 Å². The van der Waals surface area contributed by atoms with E-state index in [-0.39, 0.29) is 0 Å². The molecule has 0 amide bonds. The van der Waals surface area contributed by atoms with Gasteiger partial charge in [-0.2, -0.15) is 0 Å². The average Bonchev–Trinajstić information content (AvgIpc) is 2.25. The van der Waals surface area contributed by atoms with Gasteiger partial charge in [0.25, 0.3) is 0 Å². The fraction of sp³-hybridized carbons (Fsp3) is 1.00. The summed E-state index contributed by atoms with van der Waals surface area (Å²) in [7, 11) is -1.34. The SMILES string of the molecule is CCO[SiH](CCCN(CC)CC)OCC. The van der Waals surface area contributed by atoms with Gasteiger partial charge in [-0.3, -0.25) is 0 Å². The Kier molecular flexibility index (Phi) is 10.7.